The quantitative estimate of drug-likeness (QED) is 0.150. The van der Waals surface area contributed by atoms with Gasteiger partial charge in [-0.1, -0.05) is 33.2 Å². The summed E-state index contributed by atoms with van der Waals surface area (Å²) in [6, 6.07) is 6.42. The Labute approximate surface area is 252 Å². The first kappa shape index (κ1) is 34.7. The van der Waals surface area contributed by atoms with E-state index in [1.165, 1.54) is 26.0 Å². The van der Waals surface area contributed by atoms with E-state index in [4.69, 9.17) is 14.2 Å². The van der Waals surface area contributed by atoms with Crippen molar-refractivity contribution in [2.75, 3.05) is 13.2 Å². The second-order valence-electron chi connectivity index (χ2n) is 10.7. The van der Waals surface area contributed by atoms with Crippen molar-refractivity contribution in [1.29, 1.82) is 0 Å². The van der Waals surface area contributed by atoms with E-state index < -0.39 is 21.7 Å². The number of sulfonamides is 1. The Hall–Kier alpha value is -2.47. The van der Waals surface area contributed by atoms with Gasteiger partial charge in [-0.3, -0.25) is 9.59 Å². The molecule has 0 aliphatic carbocycles. The van der Waals surface area contributed by atoms with Crippen LogP contribution in [-0.4, -0.2) is 45.3 Å². The maximum atomic E-state index is 12.8. The van der Waals surface area contributed by atoms with Gasteiger partial charge < -0.3 is 19.6 Å². The number of carbonyl (C=O) groups is 2. The van der Waals surface area contributed by atoms with E-state index in [9.17, 15) is 18.0 Å². The minimum absolute atomic E-state index is 0.156. The molecule has 2 rings (SSSR count). The van der Waals surface area contributed by atoms with Crippen LogP contribution in [0.5, 0.6) is 0 Å². The third kappa shape index (κ3) is 12.1. The van der Waals surface area contributed by atoms with Crippen LogP contribution in [0, 0.1) is 0 Å². The molecule has 1 aliphatic heterocycles. The fraction of sp³-hybridized carbons (Fsp3) is 0.533. The predicted molar refractivity (Wildman–Crippen MR) is 162 cm³/mol. The zero-order valence-electron chi connectivity index (χ0n) is 24.8. The van der Waals surface area contributed by atoms with E-state index >= 15 is 0 Å². The lowest BCUT2D eigenvalue weighted by Gasteiger charge is -2.35. The highest BCUT2D eigenvalue weighted by Crippen LogP contribution is 2.34. The Kier molecular flexibility index (Phi) is 13.8. The first-order valence-corrected chi connectivity index (χ1v) is 16.0. The molecule has 0 saturated carbocycles. The largest absolute Gasteiger partial charge is 0.462 e. The van der Waals surface area contributed by atoms with Gasteiger partial charge in [-0.25, -0.2) is 8.42 Å². The normalized spacial score (nSPS) is 21.0. The van der Waals surface area contributed by atoms with Gasteiger partial charge in [0.25, 0.3) is 10.0 Å². The Morgan fingerprint density at radius 2 is 1.80 bits per heavy atom. The van der Waals surface area contributed by atoms with Gasteiger partial charge in [-0.05, 0) is 95.7 Å². The van der Waals surface area contributed by atoms with Crippen LogP contribution in [0.4, 0.5) is 0 Å². The number of rotatable bonds is 13. The molecule has 0 bridgehead atoms. The molecule has 0 aromatic heterocycles. The molecule has 2 N–H and O–H groups in total. The Balaban J connectivity index is 2.14. The summed E-state index contributed by atoms with van der Waals surface area (Å²) in [5.74, 6) is -0.707. The molecule has 41 heavy (non-hydrogen) atoms. The molecule has 1 heterocycles. The number of hydrogen-bond acceptors (Lipinski definition) is 8. The van der Waals surface area contributed by atoms with Crippen molar-refractivity contribution in [3.63, 3.8) is 0 Å². The number of nitrogens with one attached hydrogen (secondary N) is 2. The zero-order chi connectivity index (χ0) is 30.6. The van der Waals surface area contributed by atoms with Gasteiger partial charge in [-0.15, -0.1) is 4.83 Å². The molecule has 1 saturated heterocycles. The van der Waals surface area contributed by atoms with Gasteiger partial charge in [0, 0.05) is 30.4 Å². The van der Waals surface area contributed by atoms with E-state index in [1.807, 2.05) is 39.8 Å². The van der Waals surface area contributed by atoms with Gasteiger partial charge >= 0.3 is 11.9 Å². The molecule has 11 heteroatoms. The topological polar surface area (TPSA) is 120 Å². The zero-order valence-corrected chi connectivity index (χ0v) is 27.2. The second-order valence-corrected chi connectivity index (χ2v) is 13.3. The molecule has 1 aromatic carbocycles. The van der Waals surface area contributed by atoms with Crippen molar-refractivity contribution in [2.24, 2.45) is 0 Å². The fourth-order valence-corrected chi connectivity index (χ4v) is 5.53. The third-order valence-electron chi connectivity index (χ3n) is 6.88. The standard InChI is InChI=1S/C30H43BrN2O7S/c1-21(2)9-15-28(32-33-41(36,37)27-13-11-26(31)12-14-27)22(3)8-7-18-30(6)29(40-24(5)35)16-10-25(20-39-30)17-19-38-23(4)34/h9,11-14,17,29,32-33H,7-8,10,15-16,18-20H2,1-6H3/t29-,30+/m1/s1. The van der Waals surface area contributed by atoms with E-state index in [2.05, 4.69) is 26.2 Å². The van der Waals surface area contributed by atoms with E-state index in [0.29, 0.717) is 38.7 Å². The molecule has 2 atom stereocenters. The molecule has 228 valence electrons. The van der Waals surface area contributed by atoms with Crippen molar-refractivity contribution in [2.45, 2.75) is 96.7 Å². The third-order valence-corrected chi connectivity index (χ3v) is 8.67. The van der Waals surface area contributed by atoms with E-state index in [1.54, 1.807) is 12.1 Å². The molecule has 1 aromatic rings. The molecule has 1 fully saturated rings. The van der Waals surface area contributed by atoms with Crippen molar-refractivity contribution in [3.05, 3.63) is 63.3 Å². The Bertz CT molecular complexity index is 1250. The summed E-state index contributed by atoms with van der Waals surface area (Å²) in [6.07, 6.45) is 7.30. The lowest BCUT2D eigenvalue weighted by atomic mass is 9.88. The molecule has 0 unspecified atom stereocenters. The lowest BCUT2D eigenvalue weighted by Crippen LogP contribution is -2.43. The first-order chi connectivity index (χ1) is 19.2. The smallest absolute Gasteiger partial charge is 0.303 e. The summed E-state index contributed by atoms with van der Waals surface area (Å²) in [6.45, 7) is 11.2. The minimum atomic E-state index is -3.77. The number of esters is 2. The monoisotopic (exact) mass is 654 g/mol. The summed E-state index contributed by atoms with van der Waals surface area (Å²) in [5.41, 5.74) is 6.12. The van der Waals surface area contributed by atoms with Crippen molar-refractivity contribution < 1.29 is 32.2 Å². The lowest BCUT2D eigenvalue weighted by molar-refractivity contribution is -0.167. The molecular weight excluding hydrogens is 612 g/mol. The Morgan fingerprint density at radius 1 is 1.12 bits per heavy atom. The molecular formula is C30H43BrN2O7S. The number of carbonyl (C=O) groups excluding carboxylic acids is 2. The van der Waals surface area contributed by atoms with E-state index in [-0.39, 0.29) is 23.4 Å². The molecule has 0 spiro atoms. The van der Waals surface area contributed by atoms with Crippen molar-refractivity contribution in [3.8, 4) is 0 Å². The number of halogens is 1. The fourth-order valence-electron chi connectivity index (χ4n) is 4.39. The van der Waals surface area contributed by atoms with E-state index in [0.717, 1.165) is 33.3 Å². The number of benzene rings is 1. The summed E-state index contributed by atoms with van der Waals surface area (Å²) < 4.78 is 43.5. The number of hydrogen-bond donors (Lipinski definition) is 2. The van der Waals surface area contributed by atoms with Gasteiger partial charge in [-0.2, -0.15) is 0 Å². The van der Waals surface area contributed by atoms with Crippen LogP contribution in [-0.2, 0) is 33.8 Å². The highest BCUT2D eigenvalue weighted by atomic mass is 79.9. The maximum absolute atomic E-state index is 12.8. The highest BCUT2D eigenvalue weighted by Gasteiger charge is 2.39. The minimum Gasteiger partial charge on any atom is -0.462 e. The van der Waals surface area contributed by atoms with Gasteiger partial charge in [0.2, 0.25) is 0 Å². The Morgan fingerprint density at radius 3 is 2.41 bits per heavy atom. The first-order valence-electron chi connectivity index (χ1n) is 13.7. The second kappa shape index (κ2) is 16.2. The number of hydrazine groups is 1. The summed E-state index contributed by atoms with van der Waals surface area (Å²) in [5, 5.41) is 0. The van der Waals surface area contributed by atoms with Crippen LogP contribution >= 0.6 is 15.9 Å². The highest BCUT2D eigenvalue weighted by molar-refractivity contribution is 9.10. The molecule has 0 amide bonds. The number of ether oxygens (including phenoxy) is 3. The molecule has 0 radical (unpaired) electrons. The average Bonchev–Trinajstić information content (AvgIpc) is 3.02. The van der Waals surface area contributed by atoms with Gasteiger partial charge in [0.1, 0.15) is 18.3 Å². The summed E-state index contributed by atoms with van der Waals surface area (Å²) in [7, 11) is -3.77. The number of allylic oxidation sites excluding steroid dienone is 3. The van der Waals surface area contributed by atoms with Gasteiger partial charge in [0.15, 0.2) is 0 Å². The van der Waals surface area contributed by atoms with Crippen LogP contribution in [0.1, 0.15) is 80.1 Å². The van der Waals surface area contributed by atoms with Crippen molar-refractivity contribution in [1.82, 2.24) is 10.3 Å². The van der Waals surface area contributed by atoms with Crippen LogP contribution in [0.15, 0.2) is 68.2 Å². The van der Waals surface area contributed by atoms with Crippen LogP contribution in [0.25, 0.3) is 0 Å². The van der Waals surface area contributed by atoms with Crippen LogP contribution in [0.2, 0.25) is 0 Å². The van der Waals surface area contributed by atoms with Crippen molar-refractivity contribution >= 4 is 37.9 Å². The molecule has 9 nitrogen and oxygen atoms in total. The van der Waals surface area contributed by atoms with Crippen LogP contribution < -0.4 is 10.3 Å². The summed E-state index contributed by atoms with van der Waals surface area (Å²) in [4.78, 5) is 25.7. The SMILES string of the molecule is CC(=O)OCC=C1CC[C@@H](OC(C)=O)[C@](C)(CCCC(C)=C(CC=C(C)C)NNS(=O)(=O)c2ccc(Br)cc2)OC1. The average molecular weight is 656 g/mol. The molecule has 1 aliphatic rings. The van der Waals surface area contributed by atoms with Crippen LogP contribution in [0.3, 0.4) is 0 Å². The van der Waals surface area contributed by atoms with Gasteiger partial charge in [0.05, 0.1) is 11.5 Å². The summed E-state index contributed by atoms with van der Waals surface area (Å²) >= 11 is 3.32. The predicted octanol–water partition coefficient (Wildman–Crippen LogP) is 6.02. The maximum Gasteiger partial charge on any atom is 0.303 e.